The summed E-state index contributed by atoms with van der Waals surface area (Å²) in [4.78, 5) is 13.7. The van der Waals surface area contributed by atoms with Gasteiger partial charge in [-0.2, -0.15) is 0 Å². The number of aryl methyl sites for hydroxylation is 5. The monoisotopic (exact) mass is 864 g/mol. The van der Waals surface area contributed by atoms with Crippen LogP contribution in [0.1, 0.15) is 27.9 Å². The second kappa shape index (κ2) is 15.1. The van der Waals surface area contributed by atoms with Gasteiger partial charge in [-0.3, -0.25) is 0 Å². The van der Waals surface area contributed by atoms with Crippen LogP contribution in [0.25, 0.3) is 77.6 Å². The molecule has 0 saturated heterocycles. The smallest absolute Gasteiger partial charge is 0.216 e. The second-order valence-electron chi connectivity index (χ2n) is 13.4. The number of aromatic nitrogens is 3. The van der Waals surface area contributed by atoms with Gasteiger partial charge in [-0.1, -0.05) is 90.2 Å². The fourth-order valence-electron chi connectivity index (χ4n) is 6.68. The predicted octanol–water partition coefficient (Wildman–Crippen LogP) is 12.4. The molecule has 0 amide bonds. The van der Waals surface area contributed by atoms with Crippen LogP contribution in [0.4, 0.5) is 0 Å². The maximum atomic E-state index is 6.21. The molecular formula is C48H37IrN3O-2. The van der Waals surface area contributed by atoms with Crippen LogP contribution >= 0.6 is 0 Å². The summed E-state index contributed by atoms with van der Waals surface area (Å²) in [5.41, 5.74) is 15.8. The third-order valence-electron chi connectivity index (χ3n) is 9.78. The molecule has 0 unspecified atom stereocenters. The SMILES string of the molecule is Cc1c[c-]c(-c2cc(C)c(C)cn2)cc1.Cc1ccc2c(n1)oc1c(-c3cc(-c4ccc5cc(-c6ccccc6)ccc5c4C)ccn3)[c-]ccc12.[Ir]. The third kappa shape index (κ3) is 7.19. The van der Waals surface area contributed by atoms with Crippen LogP contribution in [0.3, 0.4) is 0 Å². The van der Waals surface area contributed by atoms with Crippen molar-refractivity contribution in [2.24, 2.45) is 0 Å². The van der Waals surface area contributed by atoms with Gasteiger partial charge in [0.15, 0.2) is 0 Å². The number of benzene rings is 5. The van der Waals surface area contributed by atoms with Gasteiger partial charge in [0, 0.05) is 43.6 Å². The Morgan fingerprint density at radius 1 is 0.604 bits per heavy atom. The molecule has 0 spiro atoms. The zero-order valence-corrected chi connectivity index (χ0v) is 32.7. The number of fused-ring (bicyclic) bond motifs is 4. The van der Waals surface area contributed by atoms with E-state index >= 15 is 0 Å². The molecule has 9 rings (SSSR count). The van der Waals surface area contributed by atoms with Crippen molar-refractivity contribution in [3.05, 3.63) is 174 Å². The predicted molar refractivity (Wildman–Crippen MR) is 214 cm³/mol. The van der Waals surface area contributed by atoms with E-state index in [1.807, 2.05) is 49.6 Å². The van der Waals surface area contributed by atoms with Crippen molar-refractivity contribution in [2.45, 2.75) is 34.6 Å². The number of nitrogens with zero attached hydrogens (tertiary/aromatic N) is 3. The number of hydrogen-bond acceptors (Lipinski definition) is 4. The summed E-state index contributed by atoms with van der Waals surface area (Å²) in [7, 11) is 0. The Hall–Kier alpha value is -5.74. The minimum atomic E-state index is 0. The number of furan rings is 1. The standard InChI is InChI=1S/C34H23N2O.C14H14N.Ir/c1-21-11-14-30-29-9-6-10-31(33(29)37-34(30)36-21)32-20-26(17-18-35-32)28-16-13-25-19-24(12-15-27(25)22(28)2)23-7-4-3-5-8-23;1-10-4-6-13(7-5-10)14-8-11(2)12(3)9-15-14;/h3-9,11-20H,1-2H3;4-6,8-9H,1-3H3;/q2*-1;. The Balaban J connectivity index is 0.000000229. The molecule has 4 aromatic heterocycles. The van der Waals surface area contributed by atoms with Crippen molar-refractivity contribution >= 4 is 32.8 Å². The molecule has 53 heavy (non-hydrogen) atoms. The van der Waals surface area contributed by atoms with E-state index in [-0.39, 0.29) is 20.1 Å². The third-order valence-corrected chi connectivity index (χ3v) is 9.78. The molecule has 4 heterocycles. The van der Waals surface area contributed by atoms with Gasteiger partial charge in [0.05, 0.1) is 5.58 Å². The summed E-state index contributed by atoms with van der Waals surface area (Å²) in [6.07, 6.45) is 3.78. The first kappa shape index (κ1) is 35.7. The van der Waals surface area contributed by atoms with Crippen molar-refractivity contribution in [1.29, 1.82) is 0 Å². The molecule has 1 radical (unpaired) electrons. The van der Waals surface area contributed by atoms with Gasteiger partial charge >= 0.3 is 0 Å². The average molecular weight is 864 g/mol. The topological polar surface area (TPSA) is 51.8 Å². The largest absolute Gasteiger partial charge is 0.486 e. The molecule has 0 fully saturated rings. The zero-order chi connectivity index (χ0) is 35.8. The van der Waals surface area contributed by atoms with Gasteiger partial charge in [0.25, 0.3) is 0 Å². The molecule has 0 atom stereocenters. The Bertz CT molecular complexity index is 2730. The van der Waals surface area contributed by atoms with Crippen LogP contribution in [0.2, 0.25) is 0 Å². The maximum Gasteiger partial charge on any atom is 0.216 e. The van der Waals surface area contributed by atoms with E-state index in [4.69, 9.17) is 9.40 Å². The van der Waals surface area contributed by atoms with Gasteiger partial charge in [-0.25, -0.2) is 4.98 Å². The molecule has 0 aliphatic heterocycles. The van der Waals surface area contributed by atoms with Crippen LogP contribution in [0.15, 0.2) is 138 Å². The Morgan fingerprint density at radius 2 is 1.43 bits per heavy atom. The van der Waals surface area contributed by atoms with Crippen molar-refractivity contribution in [3.63, 3.8) is 0 Å². The fourth-order valence-corrected chi connectivity index (χ4v) is 6.68. The van der Waals surface area contributed by atoms with E-state index in [0.717, 1.165) is 50.1 Å². The van der Waals surface area contributed by atoms with E-state index in [1.54, 1.807) is 0 Å². The molecule has 0 aliphatic carbocycles. The van der Waals surface area contributed by atoms with Crippen LogP contribution in [0.5, 0.6) is 0 Å². The van der Waals surface area contributed by atoms with Crippen molar-refractivity contribution in [2.75, 3.05) is 0 Å². The molecule has 0 N–H and O–H groups in total. The van der Waals surface area contributed by atoms with Gasteiger partial charge in [0.1, 0.15) is 0 Å². The maximum absolute atomic E-state index is 6.21. The second-order valence-corrected chi connectivity index (χ2v) is 13.4. The summed E-state index contributed by atoms with van der Waals surface area (Å²) in [6, 6.07) is 48.7. The number of pyridine rings is 3. The summed E-state index contributed by atoms with van der Waals surface area (Å²) in [5.74, 6) is 0. The minimum absolute atomic E-state index is 0. The number of rotatable bonds is 4. The Kier molecular flexibility index (Phi) is 10.1. The molecule has 0 bridgehead atoms. The quantitative estimate of drug-likeness (QED) is 0.165. The van der Waals surface area contributed by atoms with Crippen LogP contribution in [-0.2, 0) is 20.1 Å². The van der Waals surface area contributed by atoms with Crippen molar-refractivity contribution in [3.8, 4) is 44.8 Å². The van der Waals surface area contributed by atoms with Crippen LogP contribution in [-0.4, -0.2) is 15.0 Å². The first-order chi connectivity index (χ1) is 25.3. The van der Waals surface area contributed by atoms with Crippen LogP contribution < -0.4 is 0 Å². The zero-order valence-electron chi connectivity index (χ0n) is 30.3. The minimum Gasteiger partial charge on any atom is -0.486 e. The summed E-state index contributed by atoms with van der Waals surface area (Å²) in [6.45, 7) is 10.4. The molecule has 261 valence electrons. The summed E-state index contributed by atoms with van der Waals surface area (Å²) >= 11 is 0. The van der Waals surface area contributed by atoms with Gasteiger partial charge < -0.3 is 14.4 Å². The van der Waals surface area contributed by atoms with E-state index in [9.17, 15) is 0 Å². The van der Waals surface area contributed by atoms with Gasteiger partial charge in [0.2, 0.25) is 5.71 Å². The Labute approximate surface area is 324 Å². The molecule has 5 aromatic carbocycles. The summed E-state index contributed by atoms with van der Waals surface area (Å²) in [5, 5.41) is 4.52. The molecule has 0 saturated carbocycles. The average Bonchev–Trinajstić information content (AvgIpc) is 3.55. The first-order valence-electron chi connectivity index (χ1n) is 17.5. The molecular weight excluding hydrogens is 827 g/mol. The van der Waals surface area contributed by atoms with E-state index in [0.29, 0.717) is 5.71 Å². The van der Waals surface area contributed by atoms with Gasteiger partial charge in [-0.05, 0) is 108 Å². The number of hydrogen-bond donors (Lipinski definition) is 0. The van der Waals surface area contributed by atoms with E-state index < -0.39 is 0 Å². The Morgan fingerprint density at radius 3 is 2.23 bits per heavy atom. The van der Waals surface area contributed by atoms with Gasteiger partial charge in [-0.15, -0.1) is 53.6 Å². The fraction of sp³-hybridized carbons (Fsp3) is 0.104. The molecule has 9 aromatic rings. The normalized spacial score (nSPS) is 11.0. The van der Waals surface area contributed by atoms with Crippen molar-refractivity contribution in [1.82, 2.24) is 15.0 Å². The molecule has 4 nitrogen and oxygen atoms in total. The van der Waals surface area contributed by atoms with Crippen LogP contribution in [0, 0.1) is 46.8 Å². The van der Waals surface area contributed by atoms with Crippen molar-refractivity contribution < 1.29 is 24.5 Å². The van der Waals surface area contributed by atoms with E-state index in [1.165, 1.54) is 49.7 Å². The first-order valence-corrected chi connectivity index (χ1v) is 17.5. The van der Waals surface area contributed by atoms with E-state index in [2.05, 4.69) is 141 Å². The molecule has 0 aliphatic rings. The molecule has 5 heteroatoms. The summed E-state index contributed by atoms with van der Waals surface area (Å²) < 4.78 is 6.21.